The molecule has 1 aliphatic carbocycles. The number of nitrogens with one attached hydrogen (secondary N) is 1. The molecule has 1 N–H and O–H groups in total. The molecule has 2 radical (unpaired) electrons. The number of carbonyl (C=O) groups excluding carboxylic acids is 1. The average molecular weight is 518 g/mol. The average Bonchev–Trinajstić information content (AvgIpc) is 2.74. The van der Waals surface area contributed by atoms with E-state index in [0.29, 0.717) is 11.5 Å². The number of halogens is 2. The molecule has 1 aromatic rings. The fourth-order valence-corrected chi connectivity index (χ4v) is 2.50. The van der Waals surface area contributed by atoms with E-state index in [4.69, 9.17) is 5.73 Å². The van der Waals surface area contributed by atoms with Crippen LogP contribution in [0.4, 0.5) is 0 Å². The van der Waals surface area contributed by atoms with Gasteiger partial charge in [-0.2, -0.15) is 11.1 Å². The minimum absolute atomic E-state index is 0. The number of hydrogen-bond acceptors (Lipinski definition) is 1. The van der Waals surface area contributed by atoms with Crippen LogP contribution in [0, 0.1) is 12.0 Å². The van der Waals surface area contributed by atoms with Gasteiger partial charge in [-0.15, -0.1) is 6.92 Å². The molecule has 0 saturated heterocycles. The topological polar surface area (TPSA) is 40.9 Å². The zero-order chi connectivity index (χ0) is 19.8. The van der Waals surface area contributed by atoms with Crippen molar-refractivity contribution in [2.75, 3.05) is 0 Å². The molecule has 0 heterocycles. The molecule has 1 amide bonds. The Kier molecular flexibility index (Phi) is 21.0. The van der Waals surface area contributed by atoms with Crippen molar-refractivity contribution >= 4 is 15.4 Å². The Balaban J connectivity index is -0.000000170. The van der Waals surface area contributed by atoms with E-state index in [2.05, 4.69) is 46.9 Å². The van der Waals surface area contributed by atoms with Gasteiger partial charge in [0.25, 0.3) is 0 Å². The molecule has 28 heavy (non-hydrogen) atoms. The SMILES string of the molecule is CC(C)(C)c1ccccc1C([NH-])=O.CC1=[C-]C(C)C(C)=C1C.C[Si]C.[Cl-].[Cl-].[Zr+4]. The van der Waals surface area contributed by atoms with Crippen molar-refractivity contribution in [3.63, 3.8) is 0 Å². The summed E-state index contributed by atoms with van der Waals surface area (Å²) in [5, 5.41) is 0. The largest absolute Gasteiger partial charge is 4.00 e. The maximum absolute atomic E-state index is 11.0. The molecular formula is C22H33Cl2NOSiZr. The molecule has 0 fully saturated rings. The van der Waals surface area contributed by atoms with E-state index in [1.165, 1.54) is 16.7 Å². The summed E-state index contributed by atoms with van der Waals surface area (Å²) in [6.07, 6.45) is 3.36. The summed E-state index contributed by atoms with van der Waals surface area (Å²) in [6, 6.07) is 7.29. The molecule has 1 atom stereocenters. The van der Waals surface area contributed by atoms with Gasteiger partial charge in [-0.05, 0) is 11.0 Å². The van der Waals surface area contributed by atoms with Crippen LogP contribution in [-0.4, -0.2) is 15.4 Å². The van der Waals surface area contributed by atoms with Crippen LogP contribution in [0.1, 0.15) is 64.4 Å². The van der Waals surface area contributed by atoms with Crippen molar-refractivity contribution in [2.24, 2.45) is 5.92 Å². The number of benzene rings is 1. The van der Waals surface area contributed by atoms with Gasteiger partial charge in [-0.1, -0.05) is 84.8 Å². The molecule has 1 unspecified atom stereocenters. The third-order valence-corrected chi connectivity index (χ3v) is 4.22. The van der Waals surface area contributed by atoms with Crippen molar-refractivity contribution < 1.29 is 55.8 Å². The Bertz CT molecular complexity index is 652. The van der Waals surface area contributed by atoms with Gasteiger partial charge in [0.1, 0.15) is 0 Å². The first-order chi connectivity index (χ1) is 11.5. The quantitative estimate of drug-likeness (QED) is 0.399. The summed E-state index contributed by atoms with van der Waals surface area (Å²) in [7, 11) is 1.08. The number of amides is 1. The van der Waals surface area contributed by atoms with Crippen LogP contribution in [-0.2, 0) is 31.6 Å². The first-order valence-corrected chi connectivity index (χ1v) is 10.7. The third kappa shape index (κ3) is 11.8. The molecule has 154 valence electrons. The Morgan fingerprint density at radius 3 is 1.71 bits per heavy atom. The number of allylic oxidation sites excluding steroid dienone is 4. The summed E-state index contributed by atoms with van der Waals surface area (Å²) in [6.45, 7) is 19.1. The fraction of sp³-hybridized carbons (Fsp3) is 0.500. The van der Waals surface area contributed by atoms with Gasteiger partial charge in [0.2, 0.25) is 0 Å². The molecule has 0 saturated carbocycles. The van der Waals surface area contributed by atoms with E-state index in [1.54, 1.807) is 12.1 Å². The third-order valence-electron chi connectivity index (χ3n) is 4.22. The summed E-state index contributed by atoms with van der Waals surface area (Å²) in [5.41, 5.74) is 12.7. The summed E-state index contributed by atoms with van der Waals surface area (Å²) < 4.78 is 0. The molecule has 2 rings (SSSR count). The smallest absolute Gasteiger partial charge is 1.00 e. The van der Waals surface area contributed by atoms with Gasteiger partial charge in [-0.3, -0.25) is 6.08 Å². The van der Waals surface area contributed by atoms with Crippen LogP contribution in [0.2, 0.25) is 13.1 Å². The zero-order valence-corrected chi connectivity index (χ0v) is 23.5. The van der Waals surface area contributed by atoms with E-state index in [9.17, 15) is 4.79 Å². The standard InChI is InChI=1S/C11H15NO.C9H13.C2H6Si.2ClH.Zr/c1-11(2,3)9-7-5-4-6-8(9)10(12)13;1-6-5-7(2)9(4)8(6)3;1-3-2;;;/h4-7H,1-3H3,(H2,12,13);6H,1-4H3;1-2H3;2*1H;/q;-1;;;;+4/p-3. The Morgan fingerprint density at radius 2 is 1.50 bits per heavy atom. The molecule has 0 aromatic heterocycles. The number of hydrogen-bond donors (Lipinski definition) is 0. The van der Waals surface area contributed by atoms with Crippen LogP contribution in [0.3, 0.4) is 0 Å². The van der Waals surface area contributed by atoms with Crippen molar-refractivity contribution in [1.82, 2.24) is 0 Å². The predicted molar refractivity (Wildman–Crippen MR) is 111 cm³/mol. The van der Waals surface area contributed by atoms with Crippen LogP contribution in [0.15, 0.2) is 41.0 Å². The second-order valence-corrected chi connectivity index (χ2v) is 8.42. The minimum Gasteiger partial charge on any atom is -1.00 e. The zero-order valence-electron chi connectivity index (χ0n) is 18.6. The minimum atomic E-state index is -0.606. The summed E-state index contributed by atoms with van der Waals surface area (Å²) in [4.78, 5) is 11.0. The maximum atomic E-state index is 11.0. The van der Waals surface area contributed by atoms with E-state index in [1.807, 2.05) is 32.9 Å². The van der Waals surface area contributed by atoms with Crippen LogP contribution >= 0.6 is 0 Å². The summed E-state index contributed by atoms with van der Waals surface area (Å²) in [5.74, 6) is -0.0458. The second-order valence-electron chi connectivity index (χ2n) is 7.42. The van der Waals surface area contributed by atoms with Crippen molar-refractivity contribution in [3.8, 4) is 0 Å². The van der Waals surface area contributed by atoms with Crippen LogP contribution in [0.25, 0.3) is 5.73 Å². The maximum Gasteiger partial charge on any atom is 4.00 e. The van der Waals surface area contributed by atoms with Gasteiger partial charge in [-0.25, -0.2) is 5.57 Å². The molecule has 6 heteroatoms. The number of rotatable bonds is 1. The Hall–Kier alpha value is -0.150. The van der Waals surface area contributed by atoms with E-state index < -0.39 is 5.91 Å². The van der Waals surface area contributed by atoms with E-state index >= 15 is 0 Å². The van der Waals surface area contributed by atoms with Gasteiger partial charge >= 0.3 is 26.2 Å². The monoisotopic (exact) mass is 515 g/mol. The summed E-state index contributed by atoms with van der Waals surface area (Å²) >= 11 is 0. The fourth-order valence-electron chi connectivity index (χ4n) is 2.50. The normalized spacial score (nSPS) is 14.6. The predicted octanol–water partition coefficient (Wildman–Crippen LogP) is 0.691. The van der Waals surface area contributed by atoms with Gasteiger partial charge in [0, 0.05) is 15.1 Å². The Morgan fingerprint density at radius 1 is 1.07 bits per heavy atom. The van der Waals surface area contributed by atoms with Crippen LogP contribution in [0.5, 0.6) is 0 Å². The second kappa shape index (κ2) is 16.6. The van der Waals surface area contributed by atoms with E-state index in [-0.39, 0.29) is 56.4 Å². The first-order valence-electron chi connectivity index (χ1n) is 8.69. The molecule has 0 bridgehead atoms. The van der Waals surface area contributed by atoms with Gasteiger partial charge in [0.05, 0.1) is 5.91 Å². The van der Waals surface area contributed by atoms with Gasteiger partial charge in [0.15, 0.2) is 0 Å². The number of carbonyl (C=O) groups is 1. The molecule has 0 spiro atoms. The molecule has 2 nitrogen and oxygen atoms in total. The molecule has 1 aromatic carbocycles. The molecule has 1 aliphatic rings. The first kappa shape index (κ1) is 35.3. The molecular weight excluding hydrogens is 484 g/mol. The van der Waals surface area contributed by atoms with E-state index in [0.717, 1.165) is 15.1 Å². The van der Waals surface area contributed by atoms with Crippen molar-refractivity contribution in [2.45, 2.75) is 67.0 Å². The Labute approximate surface area is 207 Å². The van der Waals surface area contributed by atoms with Crippen molar-refractivity contribution in [3.05, 3.63) is 63.9 Å². The molecule has 0 aliphatic heterocycles. The van der Waals surface area contributed by atoms with Gasteiger partial charge < -0.3 is 35.3 Å². The van der Waals surface area contributed by atoms with Crippen molar-refractivity contribution in [1.29, 1.82) is 0 Å². The van der Waals surface area contributed by atoms with Crippen LogP contribution < -0.4 is 24.8 Å².